The first-order valence-corrected chi connectivity index (χ1v) is 11.9. The molecule has 34 heavy (non-hydrogen) atoms. The Kier molecular flexibility index (Phi) is 7.29. The number of hydrogen-bond donors (Lipinski definition) is 2. The number of H-pyrrole nitrogens is 2. The lowest BCUT2D eigenvalue weighted by Gasteiger charge is -2.34. The van der Waals surface area contributed by atoms with Gasteiger partial charge in [0.1, 0.15) is 5.82 Å². The number of hydrogen-bond acceptors (Lipinski definition) is 3. The number of nitrogens with zero attached hydrogens (tertiary/aromatic N) is 3. The number of carbonyl (C=O) groups is 1. The first-order chi connectivity index (χ1) is 16.6. The highest BCUT2D eigenvalue weighted by molar-refractivity contribution is 5.89. The molecule has 0 saturated carbocycles. The maximum absolute atomic E-state index is 13.6. The van der Waals surface area contributed by atoms with E-state index in [0.29, 0.717) is 18.7 Å². The Morgan fingerprint density at radius 3 is 2.32 bits per heavy atom. The Balaban J connectivity index is 0.00000133. The number of fused-ring (bicyclic) bond motifs is 2. The quantitative estimate of drug-likeness (QED) is 0.457. The van der Waals surface area contributed by atoms with Crippen LogP contribution in [0, 0.1) is 17.1 Å². The van der Waals surface area contributed by atoms with Crippen molar-refractivity contribution in [2.75, 3.05) is 32.7 Å². The third-order valence-corrected chi connectivity index (χ3v) is 6.39. The largest absolute Gasteiger partial charge is 0.361 e. The van der Waals surface area contributed by atoms with Crippen LogP contribution in [-0.2, 0) is 17.6 Å². The van der Waals surface area contributed by atoms with Crippen LogP contribution >= 0.6 is 0 Å². The lowest BCUT2D eigenvalue weighted by Crippen LogP contribution is -2.49. The zero-order chi connectivity index (χ0) is 24.1. The molecule has 0 bridgehead atoms. The Bertz CT molecular complexity index is 1320. The first kappa shape index (κ1) is 23.5. The number of nitriles is 1. The second-order valence-electron chi connectivity index (χ2n) is 8.34. The van der Waals surface area contributed by atoms with Gasteiger partial charge in [0.2, 0.25) is 5.91 Å². The first-order valence-electron chi connectivity index (χ1n) is 11.9. The summed E-state index contributed by atoms with van der Waals surface area (Å²) >= 11 is 0. The molecular formula is C27H30FN5O. The van der Waals surface area contributed by atoms with Crippen molar-refractivity contribution in [3.63, 3.8) is 0 Å². The molecule has 5 rings (SSSR count). The van der Waals surface area contributed by atoms with Crippen LogP contribution in [0.5, 0.6) is 0 Å². The van der Waals surface area contributed by atoms with Crippen LogP contribution in [0.2, 0.25) is 0 Å². The molecular weight excluding hydrogens is 429 g/mol. The van der Waals surface area contributed by atoms with Gasteiger partial charge in [-0.3, -0.25) is 9.69 Å². The summed E-state index contributed by atoms with van der Waals surface area (Å²) in [5, 5.41) is 11.0. The highest BCUT2D eigenvalue weighted by atomic mass is 19.1. The van der Waals surface area contributed by atoms with Gasteiger partial charge in [0.15, 0.2) is 0 Å². The highest BCUT2D eigenvalue weighted by Crippen LogP contribution is 2.22. The molecule has 0 atom stereocenters. The molecule has 4 aromatic rings. The van der Waals surface area contributed by atoms with Gasteiger partial charge in [0.05, 0.1) is 18.1 Å². The van der Waals surface area contributed by atoms with Crippen molar-refractivity contribution in [1.82, 2.24) is 19.8 Å². The Morgan fingerprint density at radius 2 is 1.62 bits per heavy atom. The van der Waals surface area contributed by atoms with Crippen molar-refractivity contribution >= 4 is 27.7 Å². The average molecular weight is 460 g/mol. The van der Waals surface area contributed by atoms with Gasteiger partial charge < -0.3 is 14.9 Å². The van der Waals surface area contributed by atoms with Crippen LogP contribution in [0.3, 0.4) is 0 Å². The predicted octanol–water partition coefficient (Wildman–Crippen LogP) is 4.62. The summed E-state index contributed by atoms with van der Waals surface area (Å²) in [6, 6.07) is 12.5. The van der Waals surface area contributed by atoms with E-state index in [-0.39, 0.29) is 18.1 Å². The van der Waals surface area contributed by atoms with E-state index in [1.807, 2.05) is 43.1 Å². The molecule has 3 heterocycles. The summed E-state index contributed by atoms with van der Waals surface area (Å²) in [5.74, 6) is -0.214. The Labute approximate surface area is 199 Å². The number of piperazine rings is 1. The van der Waals surface area contributed by atoms with E-state index in [1.165, 1.54) is 17.7 Å². The van der Waals surface area contributed by atoms with Gasteiger partial charge in [-0.15, -0.1) is 0 Å². The van der Waals surface area contributed by atoms with E-state index < -0.39 is 0 Å². The summed E-state index contributed by atoms with van der Waals surface area (Å²) < 4.78 is 13.6. The summed E-state index contributed by atoms with van der Waals surface area (Å²) in [5.41, 5.74) is 4.61. The molecule has 2 N–H and O–H groups in total. The Hall–Kier alpha value is -3.63. The van der Waals surface area contributed by atoms with E-state index in [4.69, 9.17) is 5.26 Å². The van der Waals surface area contributed by atoms with Crippen molar-refractivity contribution in [3.8, 4) is 6.07 Å². The monoisotopic (exact) mass is 459 g/mol. The molecule has 0 aliphatic carbocycles. The van der Waals surface area contributed by atoms with Crippen LogP contribution in [-0.4, -0.2) is 58.4 Å². The van der Waals surface area contributed by atoms with Crippen LogP contribution in [0.1, 0.15) is 30.5 Å². The molecule has 0 unspecified atom stereocenters. The zero-order valence-electron chi connectivity index (χ0n) is 19.7. The van der Waals surface area contributed by atoms with Gasteiger partial charge >= 0.3 is 0 Å². The van der Waals surface area contributed by atoms with E-state index in [2.05, 4.69) is 20.9 Å². The molecule has 0 spiro atoms. The average Bonchev–Trinajstić information content (AvgIpc) is 3.47. The molecule has 176 valence electrons. The molecule has 6 nitrogen and oxygen atoms in total. The van der Waals surface area contributed by atoms with Crippen molar-refractivity contribution in [2.45, 2.75) is 26.7 Å². The molecule has 1 amide bonds. The fourth-order valence-electron chi connectivity index (χ4n) is 4.53. The summed E-state index contributed by atoms with van der Waals surface area (Å²) in [6.07, 6.45) is 5.00. The SMILES string of the molecule is CC.N#Cc1ccc2[nH]cc(CCN3CCN(C(=O)Cc4c[nH]c5ccc(F)cc45)CC3)c2c1. The molecule has 1 fully saturated rings. The van der Waals surface area contributed by atoms with Gasteiger partial charge in [0.25, 0.3) is 0 Å². The summed E-state index contributed by atoms with van der Waals surface area (Å²) in [6.45, 7) is 7.97. The summed E-state index contributed by atoms with van der Waals surface area (Å²) in [4.78, 5) is 23.5. The van der Waals surface area contributed by atoms with Gasteiger partial charge in [-0.25, -0.2) is 4.39 Å². The fourth-order valence-corrected chi connectivity index (χ4v) is 4.53. The van der Waals surface area contributed by atoms with Crippen molar-refractivity contribution in [2.24, 2.45) is 0 Å². The standard InChI is InChI=1S/C25H24FN5O.C2H6/c26-20-2-4-24-22(13-20)19(16-29-24)12-25(32)31-9-7-30(8-10-31)6-5-18-15-28-23-3-1-17(14-27)11-21(18)23;1-2/h1-4,11,13,15-16,28-29H,5-10,12H2;1-2H3. The van der Waals surface area contributed by atoms with Crippen LogP contribution in [0.25, 0.3) is 21.8 Å². The molecule has 2 aromatic heterocycles. The molecule has 1 saturated heterocycles. The van der Waals surface area contributed by atoms with Gasteiger partial charge in [-0.1, -0.05) is 13.8 Å². The molecule has 7 heteroatoms. The van der Waals surface area contributed by atoms with Gasteiger partial charge in [0, 0.05) is 66.9 Å². The fraction of sp³-hybridized carbons (Fsp3) is 0.333. The minimum Gasteiger partial charge on any atom is -0.361 e. The van der Waals surface area contributed by atoms with Crippen molar-refractivity contribution < 1.29 is 9.18 Å². The number of halogens is 1. The topological polar surface area (TPSA) is 78.9 Å². The minimum absolute atomic E-state index is 0.0791. The minimum atomic E-state index is -0.293. The van der Waals surface area contributed by atoms with Crippen LogP contribution in [0.4, 0.5) is 4.39 Å². The highest BCUT2D eigenvalue weighted by Gasteiger charge is 2.22. The number of aromatic amines is 2. The third kappa shape index (κ3) is 4.97. The number of benzene rings is 2. The lowest BCUT2D eigenvalue weighted by molar-refractivity contribution is -0.132. The van der Waals surface area contributed by atoms with Crippen molar-refractivity contribution in [1.29, 1.82) is 5.26 Å². The van der Waals surface area contributed by atoms with E-state index in [1.54, 1.807) is 12.3 Å². The predicted molar refractivity (Wildman–Crippen MR) is 133 cm³/mol. The normalized spacial score (nSPS) is 14.1. The van der Waals surface area contributed by atoms with Gasteiger partial charge in [-0.2, -0.15) is 5.26 Å². The Morgan fingerprint density at radius 1 is 0.971 bits per heavy atom. The van der Waals surface area contributed by atoms with E-state index >= 15 is 0 Å². The second kappa shape index (κ2) is 10.5. The number of nitrogens with one attached hydrogen (secondary N) is 2. The second-order valence-corrected chi connectivity index (χ2v) is 8.34. The number of carbonyl (C=O) groups excluding carboxylic acids is 1. The third-order valence-electron chi connectivity index (χ3n) is 6.39. The summed E-state index contributed by atoms with van der Waals surface area (Å²) in [7, 11) is 0. The van der Waals surface area contributed by atoms with Gasteiger partial charge in [-0.05, 0) is 53.9 Å². The molecule has 1 aliphatic heterocycles. The molecule has 2 aromatic carbocycles. The lowest BCUT2D eigenvalue weighted by atomic mass is 10.1. The number of amides is 1. The van der Waals surface area contributed by atoms with Crippen LogP contribution in [0.15, 0.2) is 48.8 Å². The molecule has 1 aliphatic rings. The van der Waals surface area contributed by atoms with E-state index in [9.17, 15) is 9.18 Å². The number of aromatic nitrogens is 2. The molecule has 0 radical (unpaired) electrons. The smallest absolute Gasteiger partial charge is 0.227 e. The van der Waals surface area contributed by atoms with E-state index in [0.717, 1.165) is 53.4 Å². The number of rotatable bonds is 5. The van der Waals surface area contributed by atoms with Crippen molar-refractivity contribution in [3.05, 3.63) is 71.3 Å². The maximum atomic E-state index is 13.6. The maximum Gasteiger partial charge on any atom is 0.227 e. The van der Waals surface area contributed by atoms with Crippen LogP contribution < -0.4 is 0 Å². The zero-order valence-corrected chi connectivity index (χ0v) is 19.7.